The van der Waals surface area contributed by atoms with Crippen molar-refractivity contribution in [1.29, 1.82) is 0 Å². The van der Waals surface area contributed by atoms with E-state index in [0.717, 1.165) is 0 Å². The second-order valence-corrected chi connectivity index (χ2v) is 8.28. The van der Waals surface area contributed by atoms with Gasteiger partial charge in [-0.1, -0.05) is 6.92 Å². The number of carbonyl (C=O) groups excluding carboxylic acids is 1. The van der Waals surface area contributed by atoms with Crippen molar-refractivity contribution in [3.8, 4) is 0 Å². The molecule has 8 heteroatoms. The summed E-state index contributed by atoms with van der Waals surface area (Å²) < 4.78 is 16.8. The van der Waals surface area contributed by atoms with Crippen LogP contribution in [0.5, 0.6) is 0 Å². The van der Waals surface area contributed by atoms with Gasteiger partial charge in [0.1, 0.15) is 5.60 Å². The second-order valence-electron chi connectivity index (χ2n) is 5.77. The van der Waals surface area contributed by atoms with Gasteiger partial charge in [0.25, 0.3) is 0 Å². The number of carboxylic acid groups (broad SMARTS) is 1. The summed E-state index contributed by atoms with van der Waals surface area (Å²) in [6, 6.07) is 0. The van der Waals surface area contributed by atoms with E-state index in [9.17, 15) is 19.0 Å². The van der Waals surface area contributed by atoms with Gasteiger partial charge in [0, 0.05) is 18.9 Å². The van der Waals surface area contributed by atoms with Gasteiger partial charge >= 0.3 is 12.1 Å². The molecule has 0 aliphatic heterocycles. The molecule has 0 rings (SSSR count). The highest BCUT2D eigenvalue weighted by atomic mass is 31.2. The van der Waals surface area contributed by atoms with Gasteiger partial charge in [-0.25, -0.2) is 4.79 Å². The number of hydrogen-bond donors (Lipinski definition) is 3. The molecule has 7 nitrogen and oxygen atoms in total. The Balaban J connectivity index is 3.97. The molecule has 2 unspecified atom stereocenters. The van der Waals surface area contributed by atoms with Crippen LogP contribution in [-0.4, -0.2) is 46.5 Å². The molecule has 0 aliphatic rings. The molecule has 20 heavy (non-hydrogen) atoms. The normalized spacial score (nSPS) is 16.1. The number of alkyl carbamates (subject to hydrolysis) is 1. The summed E-state index contributed by atoms with van der Waals surface area (Å²) in [6.45, 7) is 6.82. The van der Waals surface area contributed by atoms with E-state index in [1.165, 1.54) is 6.92 Å². The van der Waals surface area contributed by atoms with Crippen molar-refractivity contribution >= 4 is 19.4 Å². The Hall–Kier alpha value is -1.07. The molecule has 3 N–H and O–H groups in total. The van der Waals surface area contributed by atoms with Gasteiger partial charge in [-0.3, -0.25) is 9.36 Å². The van der Waals surface area contributed by atoms with Crippen LogP contribution in [0.4, 0.5) is 4.79 Å². The van der Waals surface area contributed by atoms with E-state index in [-0.39, 0.29) is 18.9 Å². The Bertz CT molecular complexity index is 390. The number of nitrogens with one attached hydrogen (secondary N) is 1. The Morgan fingerprint density at radius 3 is 2.35 bits per heavy atom. The number of carboxylic acids is 1. The smallest absolute Gasteiger partial charge is 0.407 e. The molecule has 0 saturated heterocycles. The van der Waals surface area contributed by atoms with E-state index < -0.39 is 31.0 Å². The summed E-state index contributed by atoms with van der Waals surface area (Å²) in [5.41, 5.74) is -0.590. The fraction of sp³-hybridized carbons (Fsp3) is 0.833. The van der Waals surface area contributed by atoms with E-state index in [1.54, 1.807) is 20.8 Å². The maximum absolute atomic E-state index is 11.8. The molecule has 0 saturated carbocycles. The molecular formula is C12H24NO6P. The molecule has 118 valence electrons. The highest BCUT2D eigenvalue weighted by molar-refractivity contribution is 7.58. The Morgan fingerprint density at radius 1 is 1.35 bits per heavy atom. The number of aliphatic carboxylic acids is 1. The average Bonchev–Trinajstić information content (AvgIpc) is 2.21. The highest BCUT2D eigenvalue weighted by Gasteiger charge is 2.25. The molecular weight excluding hydrogens is 285 g/mol. The van der Waals surface area contributed by atoms with Crippen molar-refractivity contribution in [3.63, 3.8) is 0 Å². The van der Waals surface area contributed by atoms with Gasteiger partial charge in [-0.15, -0.1) is 0 Å². The maximum atomic E-state index is 11.8. The molecule has 0 radical (unpaired) electrons. The second kappa shape index (κ2) is 7.64. The largest absolute Gasteiger partial charge is 0.481 e. The third kappa shape index (κ3) is 9.81. The fourth-order valence-corrected chi connectivity index (χ4v) is 3.27. The Labute approximate surface area is 119 Å². The van der Waals surface area contributed by atoms with Crippen molar-refractivity contribution in [1.82, 2.24) is 5.32 Å². The summed E-state index contributed by atoms with van der Waals surface area (Å²) in [5.74, 6) is -1.95. The zero-order chi connectivity index (χ0) is 16.0. The standard InChI is InChI=1S/C12H24NO6P/c1-9(10(14)15)8-20(17,18)7-5-6-13-11(16)19-12(2,3)4/h9H,5-8H2,1-4H3,(H,13,16)(H,14,15)(H,17,18). The first-order chi connectivity index (χ1) is 8.93. The Morgan fingerprint density at radius 2 is 1.90 bits per heavy atom. The van der Waals surface area contributed by atoms with Crippen LogP contribution in [0.2, 0.25) is 0 Å². The highest BCUT2D eigenvalue weighted by Crippen LogP contribution is 2.42. The Kier molecular flexibility index (Phi) is 7.23. The third-order valence-electron chi connectivity index (χ3n) is 2.33. The van der Waals surface area contributed by atoms with Crippen molar-refractivity contribution in [2.45, 2.75) is 39.7 Å². The number of ether oxygens (including phenoxy) is 1. The van der Waals surface area contributed by atoms with Crippen LogP contribution in [0.1, 0.15) is 34.1 Å². The van der Waals surface area contributed by atoms with Gasteiger partial charge in [0.2, 0.25) is 7.37 Å². The van der Waals surface area contributed by atoms with Crippen molar-refractivity contribution in [2.24, 2.45) is 5.92 Å². The first-order valence-corrected chi connectivity index (χ1v) is 8.46. The summed E-state index contributed by atoms with van der Waals surface area (Å²) in [6.07, 6.45) is -0.571. The van der Waals surface area contributed by atoms with E-state index in [2.05, 4.69) is 5.32 Å². The predicted molar refractivity (Wildman–Crippen MR) is 75.2 cm³/mol. The molecule has 0 heterocycles. The van der Waals surface area contributed by atoms with Crippen LogP contribution in [0.15, 0.2) is 0 Å². The van der Waals surface area contributed by atoms with E-state index >= 15 is 0 Å². The number of rotatable bonds is 7. The topological polar surface area (TPSA) is 113 Å². The van der Waals surface area contributed by atoms with Crippen LogP contribution in [0, 0.1) is 5.92 Å². The van der Waals surface area contributed by atoms with Gasteiger partial charge in [-0.2, -0.15) is 0 Å². The fourth-order valence-electron chi connectivity index (χ4n) is 1.43. The van der Waals surface area contributed by atoms with Crippen molar-refractivity contribution in [2.75, 3.05) is 18.9 Å². The molecule has 0 spiro atoms. The summed E-state index contributed by atoms with van der Waals surface area (Å²) in [5, 5.41) is 11.2. The first kappa shape index (κ1) is 18.9. The predicted octanol–water partition coefficient (Wildman–Crippen LogP) is 1.89. The minimum atomic E-state index is -3.48. The maximum Gasteiger partial charge on any atom is 0.407 e. The lowest BCUT2D eigenvalue weighted by atomic mass is 10.2. The number of amides is 1. The van der Waals surface area contributed by atoms with Crippen LogP contribution >= 0.6 is 7.37 Å². The van der Waals surface area contributed by atoms with Crippen LogP contribution in [0.25, 0.3) is 0 Å². The quantitative estimate of drug-likeness (QED) is 0.489. The molecule has 0 aromatic rings. The zero-order valence-electron chi connectivity index (χ0n) is 12.4. The molecule has 0 bridgehead atoms. The summed E-state index contributed by atoms with van der Waals surface area (Å²) in [4.78, 5) is 31.6. The van der Waals surface area contributed by atoms with Crippen LogP contribution < -0.4 is 5.32 Å². The number of hydrogen-bond acceptors (Lipinski definition) is 4. The van der Waals surface area contributed by atoms with E-state index in [4.69, 9.17) is 9.84 Å². The lowest BCUT2D eigenvalue weighted by Gasteiger charge is -2.20. The molecule has 0 aromatic heterocycles. The average molecular weight is 309 g/mol. The van der Waals surface area contributed by atoms with Gasteiger partial charge < -0.3 is 20.1 Å². The molecule has 1 amide bonds. The molecule has 2 atom stereocenters. The van der Waals surface area contributed by atoms with E-state index in [0.29, 0.717) is 6.42 Å². The van der Waals surface area contributed by atoms with Crippen LogP contribution in [0.3, 0.4) is 0 Å². The first-order valence-electron chi connectivity index (χ1n) is 6.43. The lowest BCUT2D eigenvalue weighted by Crippen LogP contribution is -2.33. The molecule has 0 fully saturated rings. The SMILES string of the molecule is CC(CP(=O)(O)CCCNC(=O)OC(C)(C)C)C(=O)O. The minimum absolute atomic E-state index is 0.0274. The molecule has 0 aliphatic carbocycles. The van der Waals surface area contributed by atoms with Gasteiger partial charge in [0.15, 0.2) is 0 Å². The van der Waals surface area contributed by atoms with Crippen molar-refractivity contribution in [3.05, 3.63) is 0 Å². The van der Waals surface area contributed by atoms with Gasteiger partial charge in [0.05, 0.1) is 5.92 Å². The lowest BCUT2D eigenvalue weighted by molar-refractivity contribution is -0.140. The minimum Gasteiger partial charge on any atom is -0.481 e. The zero-order valence-corrected chi connectivity index (χ0v) is 13.3. The number of carbonyl (C=O) groups is 2. The van der Waals surface area contributed by atoms with Crippen molar-refractivity contribution < 1.29 is 28.9 Å². The van der Waals surface area contributed by atoms with Crippen LogP contribution in [-0.2, 0) is 14.1 Å². The summed E-state index contributed by atoms with van der Waals surface area (Å²) >= 11 is 0. The van der Waals surface area contributed by atoms with Gasteiger partial charge in [-0.05, 0) is 27.2 Å². The monoisotopic (exact) mass is 309 g/mol. The van der Waals surface area contributed by atoms with E-state index in [1.807, 2.05) is 0 Å². The summed E-state index contributed by atoms with van der Waals surface area (Å²) in [7, 11) is -3.48. The third-order valence-corrected chi connectivity index (χ3v) is 4.47. The molecule has 0 aromatic carbocycles.